The first kappa shape index (κ1) is 12.6. The van der Waals surface area contributed by atoms with E-state index < -0.39 is 0 Å². The fourth-order valence-corrected chi connectivity index (χ4v) is 3.05. The van der Waals surface area contributed by atoms with Crippen LogP contribution in [0.15, 0.2) is 41.4 Å². The molecule has 1 fully saturated rings. The first-order valence-corrected chi connectivity index (χ1v) is 7.82. The molecule has 0 atom stereocenters. The van der Waals surface area contributed by atoms with Gasteiger partial charge in [-0.1, -0.05) is 6.92 Å². The number of nitrogens with zero attached hydrogens (tertiary/aromatic N) is 3. The van der Waals surface area contributed by atoms with E-state index in [0.29, 0.717) is 6.04 Å². The van der Waals surface area contributed by atoms with Crippen LogP contribution in [-0.4, -0.2) is 14.8 Å². The van der Waals surface area contributed by atoms with Crippen molar-refractivity contribution in [3.8, 4) is 0 Å². The Hall–Kier alpha value is -2.10. The maximum atomic E-state index is 4.59. The van der Waals surface area contributed by atoms with Crippen LogP contribution < -0.4 is 10.7 Å². The molecule has 4 heteroatoms. The van der Waals surface area contributed by atoms with Crippen molar-refractivity contribution in [3.63, 3.8) is 0 Å². The molecule has 1 saturated carbocycles. The molecule has 2 aromatic rings. The van der Waals surface area contributed by atoms with E-state index >= 15 is 0 Å². The highest BCUT2D eigenvalue weighted by atomic mass is 15.3. The van der Waals surface area contributed by atoms with E-state index in [2.05, 4.69) is 38.9 Å². The summed E-state index contributed by atoms with van der Waals surface area (Å²) in [6, 6.07) is 2.74. The normalized spacial score (nSPS) is 18.5. The summed E-state index contributed by atoms with van der Waals surface area (Å²) in [7, 11) is 0. The molecule has 0 saturated heterocycles. The fourth-order valence-electron chi connectivity index (χ4n) is 3.05. The van der Waals surface area contributed by atoms with Crippen molar-refractivity contribution in [2.75, 3.05) is 0 Å². The number of hydrogen-bond acceptors (Lipinski definition) is 2. The lowest BCUT2D eigenvalue weighted by Crippen LogP contribution is -2.24. The minimum absolute atomic E-state index is 0.613. The van der Waals surface area contributed by atoms with Crippen LogP contribution >= 0.6 is 0 Å². The number of aromatic amines is 1. The van der Waals surface area contributed by atoms with Crippen LogP contribution in [-0.2, 0) is 0 Å². The van der Waals surface area contributed by atoms with Crippen molar-refractivity contribution < 1.29 is 0 Å². The Morgan fingerprint density at radius 2 is 2.29 bits per heavy atom. The smallest absolute Gasteiger partial charge is 0.137 e. The lowest BCUT2D eigenvalue weighted by Gasteiger charge is -2.25. The lowest BCUT2D eigenvalue weighted by molar-refractivity contribution is 0.289. The van der Waals surface area contributed by atoms with E-state index in [9.17, 15) is 0 Å². The number of H-pyrrole nitrogens is 1. The molecule has 0 aromatic carbocycles. The molecule has 0 spiro atoms. The summed E-state index contributed by atoms with van der Waals surface area (Å²) in [4.78, 5) is 7.81. The topological polar surface area (TPSA) is 46.0 Å². The molecule has 0 unspecified atom stereocenters. The van der Waals surface area contributed by atoms with Crippen molar-refractivity contribution in [1.82, 2.24) is 14.8 Å². The average molecular weight is 280 g/mol. The highest BCUT2D eigenvalue weighted by molar-refractivity contribution is 5.66. The molecule has 2 aliphatic rings. The third kappa shape index (κ3) is 2.15. The third-order valence-corrected chi connectivity index (χ3v) is 4.68. The molecule has 21 heavy (non-hydrogen) atoms. The van der Waals surface area contributed by atoms with E-state index in [0.717, 1.165) is 18.3 Å². The van der Waals surface area contributed by atoms with Gasteiger partial charge in [-0.05, 0) is 49.3 Å². The van der Waals surface area contributed by atoms with E-state index in [1.54, 1.807) is 0 Å². The van der Waals surface area contributed by atoms with Crippen LogP contribution in [0.4, 0.5) is 0 Å². The van der Waals surface area contributed by atoms with Crippen LogP contribution in [0.25, 0.3) is 5.57 Å². The fraction of sp³-hybridized carbons (Fsp3) is 0.412. The predicted octanol–water partition coefficient (Wildman–Crippen LogP) is 2.45. The summed E-state index contributed by atoms with van der Waals surface area (Å²) in [6.07, 6.45) is 14.1. The second-order valence-electron chi connectivity index (χ2n) is 5.96. The van der Waals surface area contributed by atoms with E-state index in [1.165, 1.54) is 41.2 Å². The van der Waals surface area contributed by atoms with Crippen LogP contribution in [0, 0.1) is 0 Å². The van der Waals surface area contributed by atoms with Gasteiger partial charge in [0.15, 0.2) is 0 Å². The van der Waals surface area contributed by atoms with Crippen molar-refractivity contribution in [2.45, 2.75) is 45.1 Å². The number of rotatable bonds is 3. The summed E-state index contributed by atoms with van der Waals surface area (Å²) in [5.41, 5.74) is 4.90. The number of aromatic nitrogens is 3. The van der Waals surface area contributed by atoms with Gasteiger partial charge >= 0.3 is 0 Å². The Morgan fingerprint density at radius 3 is 3.05 bits per heavy atom. The summed E-state index contributed by atoms with van der Waals surface area (Å²) in [5, 5.41) is 5.80. The summed E-state index contributed by atoms with van der Waals surface area (Å²) < 4.78 is 2.15. The Balaban J connectivity index is 1.82. The first-order chi connectivity index (χ1) is 10.3. The third-order valence-electron chi connectivity index (χ3n) is 4.68. The molecule has 4 nitrogen and oxygen atoms in total. The second-order valence-corrected chi connectivity index (χ2v) is 5.96. The minimum atomic E-state index is 0.613. The molecule has 108 valence electrons. The van der Waals surface area contributed by atoms with Crippen LogP contribution in [0.2, 0.25) is 0 Å². The molecule has 3 heterocycles. The first-order valence-electron chi connectivity index (χ1n) is 7.82. The maximum absolute atomic E-state index is 4.59. The predicted molar refractivity (Wildman–Crippen MR) is 82.2 cm³/mol. The monoisotopic (exact) mass is 280 g/mol. The van der Waals surface area contributed by atoms with E-state index in [4.69, 9.17) is 0 Å². The van der Waals surface area contributed by atoms with Gasteiger partial charge in [0.1, 0.15) is 5.49 Å². The molecule has 0 radical (unpaired) electrons. The van der Waals surface area contributed by atoms with Gasteiger partial charge in [0.25, 0.3) is 0 Å². The molecule has 1 N–H and O–H groups in total. The molecule has 0 bridgehead atoms. The van der Waals surface area contributed by atoms with Gasteiger partial charge in [0.2, 0.25) is 0 Å². The zero-order chi connectivity index (χ0) is 14.2. The van der Waals surface area contributed by atoms with Crippen LogP contribution in [0.5, 0.6) is 0 Å². The van der Waals surface area contributed by atoms with Gasteiger partial charge in [-0.15, -0.1) is 0 Å². The zero-order valence-corrected chi connectivity index (χ0v) is 12.3. The van der Waals surface area contributed by atoms with E-state index in [-0.39, 0.29) is 0 Å². The average Bonchev–Trinajstić information content (AvgIpc) is 3.05. The van der Waals surface area contributed by atoms with Crippen LogP contribution in [0.3, 0.4) is 0 Å². The van der Waals surface area contributed by atoms with Crippen molar-refractivity contribution >= 4 is 5.57 Å². The van der Waals surface area contributed by atoms with Gasteiger partial charge in [0, 0.05) is 29.4 Å². The quantitative estimate of drug-likeness (QED) is 0.922. The SMILES string of the molecule is CCC1=CN=c2[nH]ccc2=C(c2cnn(C3CCC3)c2)C1. The molecule has 2 aromatic heterocycles. The van der Waals surface area contributed by atoms with Crippen LogP contribution in [0.1, 0.15) is 50.6 Å². The van der Waals surface area contributed by atoms with Crippen molar-refractivity contribution in [1.29, 1.82) is 0 Å². The summed E-state index contributed by atoms with van der Waals surface area (Å²) >= 11 is 0. The minimum Gasteiger partial charge on any atom is -0.346 e. The Morgan fingerprint density at radius 1 is 1.38 bits per heavy atom. The molecule has 1 aliphatic carbocycles. The summed E-state index contributed by atoms with van der Waals surface area (Å²) in [6.45, 7) is 2.19. The Kier molecular flexibility index (Phi) is 3.02. The van der Waals surface area contributed by atoms with Gasteiger partial charge in [-0.2, -0.15) is 5.10 Å². The Bertz CT molecular complexity index is 802. The summed E-state index contributed by atoms with van der Waals surface area (Å²) in [5.74, 6) is 0. The van der Waals surface area contributed by atoms with Crippen molar-refractivity contribution in [2.24, 2.45) is 4.99 Å². The molecular formula is C17H20N4. The highest BCUT2D eigenvalue weighted by Gasteiger charge is 2.21. The lowest BCUT2D eigenvalue weighted by atomic mass is 9.93. The second kappa shape index (κ2) is 5.02. The number of nitrogens with one attached hydrogen (secondary N) is 1. The molecule has 0 amide bonds. The van der Waals surface area contributed by atoms with Gasteiger partial charge < -0.3 is 4.98 Å². The van der Waals surface area contributed by atoms with E-state index in [1.807, 2.05) is 18.6 Å². The number of fused-ring (bicyclic) bond motifs is 1. The van der Waals surface area contributed by atoms with Gasteiger partial charge in [-0.3, -0.25) is 4.68 Å². The van der Waals surface area contributed by atoms with Crippen molar-refractivity contribution in [3.05, 3.63) is 52.7 Å². The zero-order valence-electron chi connectivity index (χ0n) is 12.3. The standard InChI is InChI=1S/C17H20N4/c1-2-12-8-16(15-6-7-18-17(15)19-9-12)13-10-20-21(11-13)14-4-3-5-14/h6-7,9-11,14H,2-5,8H2,1H3,(H,18,19). The number of hydrogen-bond donors (Lipinski definition) is 1. The van der Waals surface area contributed by atoms with Gasteiger partial charge in [-0.25, -0.2) is 4.99 Å². The highest BCUT2D eigenvalue weighted by Crippen LogP contribution is 2.32. The largest absolute Gasteiger partial charge is 0.346 e. The molecule has 1 aliphatic heterocycles. The molecule has 4 rings (SSSR count). The maximum Gasteiger partial charge on any atom is 0.137 e. The van der Waals surface area contributed by atoms with Gasteiger partial charge in [0.05, 0.1) is 12.2 Å². The number of allylic oxidation sites excluding steroid dienone is 1. The molecular weight excluding hydrogens is 260 g/mol. The Labute approximate surface area is 123 Å².